The van der Waals surface area contributed by atoms with Gasteiger partial charge in [-0.2, -0.15) is 8.42 Å². The van der Waals surface area contributed by atoms with Crippen molar-refractivity contribution in [3.63, 3.8) is 0 Å². The molecule has 2 aliphatic carbocycles. The summed E-state index contributed by atoms with van der Waals surface area (Å²) in [5.41, 5.74) is 0.167. The van der Waals surface area contributed by atoms with E-state index in [1.807, 2.05) is 0 Å². The van der Waals surface area contributed by atoms with Gasteiger partial charge < -0.3 is 4.74 Å². The summed E-state index contributed by atoms with van der Waals surface area (Å²) in [5, 5.41) is 0. The summed E-state index contributed by atoms with van der Waals surface area (Å²) in [5.74, 6) is -0.527. The van der Waals surface area contributed by atoms with Crippen LogP contribution >= 0.6 is 0 Å². The molecule has 0 bridgehead atoms. The lowest BCUT2D eigenvalue weighted by Gasteiger charge is -2.51. The van der Waals surface area contributed by atoms with Gasteiger partial charge in [0.1, 0.15) is 0 Å². The molecule has 0 aromatic heterocycles. The zero-order valence-corrected chi connectivity index (χ0v) is 11.3. The summed E-state index contributed by atoms with van der Waals surface area (Å²) in [6.07, 6.45) is 5.03. The predicted molar refractivity (Wildman–Crippen MR) is 64.0 cm³/mol. The van der Waals surface area contributed by atoms with E-state index in [4.69, 9.17) is 4.74 Å². The van der Waals surface area contributed by atoms with Crippen LogP contribution in [0.4, 0.5) is 3.89 Å². The van der Waals surface area contributed by atoms with Gasteiger partial charge in [-0.25, -0.2) is 0 Å². The van der Waals surface area contributed by atoms with Crippen LogP contribution in [-0.2, 0) is 19.8 Å². The fourth-order valence-corrected chi connectivity index (χ4v) is 4.40. The highest BCUT2D eigenvalue weighted by Crippen LogP contribution is 2.56. The van der Waals surface area contributed by atoms with Gasteiger partial charge in [-0.15, -0.1) is 3.89 Å². The van der Waals surface area contributed by atoms with Crippen molar-refractivity contribution in [3.8, 4) is 0 Å². The lowest BCUT2D eigenvalue weighted by Crippen LogP contribution is -2.43. The minimum atomic E-state index is -4.34. The minimum Gasteiger partial charge on any atom is -0.469 e. The first-order valence-electron chi connectivity index (χ1n) is 6.34. The highest BCUT2D eigenvalue weighted by atomic mass is 32.3. The van der Waals surface area contributed by atoms with Crippen LogP contribution < -0.4 is 0 Å². The fraction of sp³-hybridized carbons (Fsp3) is 0.917. The molecule has 0 N–H and O–H groups in total. The van der Waals surface area contributed by atoms with Gasteiger partial charge in [0.25, 0.3) is 0 Å². The third-order valence-corrected chi connectivity index (χ3v) is 5.33. The highest BCUT2D eigenvalue weighted by molar-refractivity contribution is 7.86. The van der Waals surface area contributed by atoms with Gasteiger partial charge in [-0.3, -0.25) is 4.79 Å². The number of carbonyl (C=O) groups excluding carboxylic acids is 1. The number of hydrogen-bond acceptors (Lipinski definition) is 4. The summed E-state index contributed by atoms with van der Waals surface area (Å²) in [4.78, 5) is 11.4. The van der Waals surface area contributed by atoms with Gasteiger partial charge in [-0.05, 0) is 49.9 Å². The molecule has 4 nitrogen and oxygen atoms in total. The minimum absolute atomic E-state index is 0.00965. The maximum atomic E-state index is 12.5. The molecule has 0 saturated heterocycles. The van der Waals surface area contributed by atoms with Crippen molar-refractivity contribution in [2.24, 2.45) is 17.3 Å². The number of halogens is 1. The Balaban J connectivity index is 1.80. The Bertz CT molecular complexity index is 415. The largest absolute Gasteiger partial charge is 0.469 e. The zero-order valence-electron chi connectivity index (χ0n) is 10.5. The van der Waals surface area contributed by atoms with Crippen LogP contribution in [0.15, 0.2) is 0 Å². The lowest BCUT2D eigenvalue weighted by molar-refractivity contribution is -0.148. The number of ether oxygens (including phenoxy) is 1. The van der Waals surface area contributed by atoms with Crippen LogP contribution in [0.1, 0.15) is 38.5 Å². The number of esters is 1. The van der Waals surface area contributed by atoms with Crippen LogP contribution in [0.2, 0.25) is 0 Å². The smallest absolute Gasteiger partial charge is 0.308 e. The average molecular weight is 278 g/mol. The molecule has 1 spiro atoms. The molecule has 0 heterocycles. The molecule has 0 aromatic carbocycles. The molecule has 2 saturated carbocycles. The highest BCUT2D eigenvalue weighted by Gasteiger charge is 2.48. The summed E-state index contributed by atoms with van der Waals surface area (Å²) in [6.45, 7) is 0. The predicted octanol–water partition coefficient (Wildman–Crippen LogP) is 2.05. The van der Waals surface area contributed by atoms with Crippen molar-refractivity contribution >= 4 is 16.2 Å². The molecular weight excluding hydrogens is 259 g/mol. The van der Waals surface area contributed by atoms with Crippen molar-refractivity contribution in [2.45, 2.75) is 38.5 Å². The van der Waals surface area contributed by atoms with Gasteiger partial charge in [0.15, 0.2) is 0 Å². The van der Waals surface area contributed by atoms with Crippen molar-refractivity contribution in [3.05, 3.63) is 0 Å². The maximum Gasteiger partial charge on any atom is 0.308 e. The number of carbonyl (C=O) groups is 1. The van der Waals surface area contributed by atoms with Gasteiger partial charge in [0, 0.05) is 0 Å². The molecule has 2 aliphatic rings. The summed E-state index contributed by atoms with van der Waals surface area (Å²) >= 11 is 0. The van der Waals surface area contributed by atoms with Gasteiger partial charge in [0.2, 0.25) is 0 Å². The molecule has 0 unspecified atom stereocenters. The Morgan fingerprint density at radius 1 is 1.33 bits per heavy atom. The van der Waals surface area contributed by atoms with Crippen LogP contribution in [0.3, 0.4) is 0 Å². The molecule has 0 aliphatic heterocycles. The first-order valence-corrected chi connectivity index (χ1v) is 7.89. The Labute approximate surface area is 107 Å². The van der Waals surface area contributed by atoms with E-state index in [2.05, 4.69) is 0 Å². The van der Waals surface area contributed by atoms with Crippen molar-refractivity contribution in [2.75, 3.05) is 12.9 Å². The fourth-order valence-electron chi connectivity index (χ4n) is 3.61. The second-order valence-electron chi connectivity index (χ2n) is 5.78. The van der Waals surface area contributed by atoms with E-state index in [0.29, 0.717) is 0 Å². The second kappa shape index (κ2) is 4.79. The van der Waals surface area contributed by atoms with Crippen molar-refractivity contribution in [1.29, 1.82) is 0 Å². The number of methoxy groups -OCH3 is 1. The van der Waals surface area contributed by atoms with Crippen molar-refractivity contribution in [1.82, 2.24) is 0 Å². The second-order valence-corrected chi connectivity index (χ2v) is 7.19. The molecule has 2 rings (SSSR count). The Morgan fingerprint density at radius 2 is 1.89 bits per heavy atom. The Hall–Kier alpha value is -0.650. The first-order chi connectivity index (χ1) is 8.34. The Morgan fingerprint density at radius 3 is 2.33 bits per heavy atom. The normalized spacial score (nSPS) is 36.1. The summed E-state index contributed by atoms with van der Waals surface area (Å²) in [7, 11) is -2.94. The monoisotopic (exact) mass is 278 g/mol. The molecule has 2 fully saturated rings. The van der Waals surface area contributed by atoms with Crippen LogP contribution in [-0.4, -0.2) is 27.2 Å². The Kier molecular flexibility index (Phi) is 3.67. The number of hydrogen-bond donors (Lipinski definition) is 0. The third kappa shape index (κ3) is 3.02. The van der Waals surface area contributed by atoms with Crippen LogP contribution in [0, 0.1) is 17.3 Å². The van der Waals surface area contributed by atoms with Crippen molar-refractivity contribution < 1.29 is 21.8 Å². The molecule has 18 heavy (non-hydrogen) atoms. The van der Waals surface area contributed by atoms with Gasteiger partial charge in [-0.1, -0.05) is 0 Å². The van der Waals surface area contributed by atoms with E-state index >= 15 is 0 Å². The third-order valence-electron chi connectivity index (χ3n) is 4.46. The molecule has 0 atom stereocenters. The molecule has 104 valence electrons. The standard InChI is InChI=1S/C12H19FO4S/c1-17-11(14)10-2-4-12(5-3-10)6-9(7-12)8-18(13,15)16/h9-10H,2-8H2,1H3. The molecular formula is C12H19FO4S. The average Bonchev–Trinajstić information content (AvgIpc) is 2.25. The van der Waals surface area contributed by atoms with Crippen LogP contribution in [0.5, 0.6) is 0 Å². The maximum absolute atomic E-state index is 12.5. The SMILES string of the molecule is COC(=O)C1CCC2(CC1)CC(CS(=O)(=O)F)C2. The summed E-state index contributed by atoms with van der Waals surface area (Å²) < 4.78 is 38.4. The zero-order chi connectivity index (χ0) is 13.4. The summed E-state index contributed by atoms with van der Waals surface area (Å²) in [6, 6.07) is 0. The molecule has 0 amide bonds. The van der Waals surface area contributed by atoms with Gasteiger partial charge in [0.05, 0.1) is 18.8 Å². The van der Waals surface area contributed by atoms with Crippen LogP contribution in [0.25, 0.3) is 0 Å². The topological polar surface area (TPSA) is 60.4 Å². The van der Waals surface area contributed by atoms with E-state index in [1.54, 1.807) is 0 Å². The van der Waals surface area contributed by atoms with E-state index in [-0.39, 0.29) is 29.0 Å². The number of rotatable bonds is 3. The lowest BCUT2D eigenvalue weighted by atomic mass is 9.55. The quantitative estimate of drug-likeness (QED) is 0.585. The van der Waals surface area contributed by atoms with E-state index in [1.165, 1.54) is 7.11 Å². The van der Waals surface area contributed by atoms with E-state index in [0.717, 1.165) is 38.5 Å². The van der Waals surface area contributed by atoms with E-state index in [9.17, 15) is 17.1 Å². The molecule has 6 heteroatoms. The van der Waals surface area contributed by atoms with Gasteiger partial charge >= 0.3 is 16.2 Å². The first kappa shape index (κ1) is 13.8. The van der Waals surface area contributed by atoms with E-state index < -0.39 is 10.2 Å². The molecule has 0 radical (unpaired) electrons. The molecule has 0 aromatic rings.